The maximum absolute atomic E-state index is 11.8. The first-order chi connectivity index (χ1) is 11.7. The highest BCUT2D eigenvalue weighted by atomic mass is 16.6. The van der Waals surface area contributed by atoms with Crippen LogP contribution in [0, 0.1) is 0 Å². The number of benzene rings is 3. The molecule has 3 aromatic carbocycles. The van der Waals surface area contributed by atoms with Crippen molar-refractivity contribution >= 4 is 16.9 Å². The van der Waals surface area contributed by atoms with E-state index >= 15 is 0 Å². The summed E-state index contributed by atoms with van der Waals surface area (Å²) in [6.07, 6.45) is -0.566. The van der Waals surface area contributed by atoms with E-state index in [4.69, 9.17) is 14.2 Å². The smallest absolute Gasteiger partial charge is 0.412 e. The summed E-state index contributed by atoms with van der Waals surface area (Å²) in [5, 5.41) is 4.01. The lowest BCUT2D eigenvalue weighted by Gasteiger charge is -2.16. The molecule has 0 saturated carbocycles. The summed E-state index contributed by atoms with van der Waals surface area (Å²) in [6, 6.07) is 18.5. The third-order valence-electron chi connectivity index (χ3n) is 3.51. The quantitative estimate of drug-likeness (QED) is 0.775. The molecule has 0 atom stereocenters. The van der Waals surface area contributed by atoms with Crippen LogP contribution in [0.25, 0.3) is 10.8 Å². The van der Waals surface area contributed by atoms with Crippen LogP contribution in [0.4, 0.5) is 4.79 Å². The van der Waals surface area contributed by atoms with Gasteiger partial charge in [-0.2, -0.15) is 0 Å². The number of hydrogen-bond donors (Lipinski definition) is 1. The fourth-order valence-electron chi connectivity index (χ4n) is 2.40. The van der Waals surface area contributed by atoms with E-state index in [1.807, 2.05) is 54.6 Å². The van der Waals surface area contributed by atoms with Crippen molar-refractivity contribution in [2.75, 3.05) is 14.2 Å². The Hall–Kier alpha value is -3.21. The number of carbonyl (C=O) groups excluding carboxylic acids is 1. The average Bonchev–Trinajstić information content (AvgIpc) is 2.64. The van der Waals surface area contributed by atoms with E-state index in [0.717, 1.165) is 10.8 Å². The normalized spacial score (nSPS) is 10.2. The van der Waals surface area contributed by atoms with Crippen LogP contribution in [-0.4, -0.2) is 20.3 Å². The maximum atomic E-state index is 11.8. The van der Waals surface area contributed by atoms with Crippen LogP contribution >= 0.6 is 0 Å². The molecule has 0 radical (unpaired) electrons. The highest BCUT2D eigenvalue weighted by molar-refractivity contribution is 5.97. The molecule has 0 aromatic heterocycles. The van der Waals surface area contributed by atoms with Gasteiger partial charge in [-0.3, -0.25) is 0 Å². The van der Waals surface area contributed by atoms with Crippen LogP contribution in [0.1, 0.15) is 0 Å². The van der Waals surface area contributed by atoms with Crippen molar-refractivity contribution in [3.63, 3.8) is 0 Å². The Morgan fingerprint density at radius 2 is 1.58 bits per heavy atom. The van der Waals surface area contributed by atoms with Crippen LogP contribution in [0.5, 0.6) is 23.0 Å². The summed E-state index contributed by atoms with van der Waals surface area (Å²) in [5.74, 6) is 2.02. The molecule has 1 N–H and O–H groups in total. The topological polar surface area (TPSA) is 56.8 Å². The van der Waals surface area contributed by atoms with Crippen molar-refractivity contribution in [3.05, 3.63) is 60.7 Å². The average molecular weight is 323 g/mol. The fraction of sp³-hybridized carbons (Fsp3) is 0.105. The van der Waals surface area contributed by atoms with E-state index in [0.29, 0.717) is 23.0 Å². The van der Waals surface area contributed by atoms with Gasteiger partial charge in [-0.25, -0.2) is 4.79 Å². The van der Waals surface area contributed by atoms with Crippen LogP contribution in [0.2, 0.25) is 0 Å². The second kappa shape index (κ2) is 6.91. The molecule has 0 aliphatic heterocycles. The van der Waals surface area contributed by atoms with Gasteiger partial charge >= 0.3 is 6.09 Å². The summed E-state index contributed by atoms with van der Waals surface area (Å²) in [7, 11) is 3.10. The standard InChI is InChI=1S/C19H17NO4/c1-20-19(21)24-18-15-11-7-6-10-14(15)16(22-2)12-17(18)23-13-8-4-3-5-9-13/h3-12H,1-2H3,(H,20,21). The highest BCUT2D eigenvalue weighted by Gasteiger charge is 2.18. The molecule has 24 heavy (non-hydrogen) atoms. The van der Waals surface area contributed by atoms with E-state index in [1.54, 1.807) is 13.2 Å². The van der Waals surface area contributed by atoms with Crippen molar-refractivity contribution in [2.45, 2.75) is 0 Å². The zero-order valence-corrected chi connectivity index (χ0v) is 13.4. The predicted molar refractivity (Wildman–Crippen MR) is 92.1 cm³/mol. The lowest BCUT2D eigenvalue weighted by atomic mass is 10.1. The van der Waals surface area contributed by atoms with Gasteiger partial charge in [0, 0.05) is 23.9 Å². The van der Waals surface area contributed by atoms with Crippen molar-refractivity contribution < 1.29 is 19.0 Å². The highest BCUT2D eigenvalue weighted by Crippen LogP contribution is 2.43. The molecular formula is C19H17NO4. The minimum absolute atomic E-state index is 0.342. The molecule has 0 bridgehead atoms. The Morgan fingerprint density at radius 3 is 2.25 bits per heavy atom. The molecular weight excluding hydrogens is 306 g/mol. The summed E-state index contributed by atoms with van der Waals surface area (Å²) >= 11 is 0. The largest absolute Gasteiger partial charge is 0.496 e. The van der Waals surface area contributed by atoms with E-state index in [-0.39, 0.29) is 0 Å². The molecule has 0 unspecified atom stereocenters. The first-order valence-corrected chi connectivity index (χ1v) is 7.45. The van der Waals surface area contributed by atoms with Gasteiger partial charge in [0.15, 0.2) is 11.5 Å². The molecule has 5 heteroatoms. The molecule has 3 rings (SSSR count). The summed E-state index contributed by atoms with van der Waals surface area (Å²) in [5.41, 5.74) is 0. The summed E-state index contributed by atoms with van der Waals surface area (Å²) < 4.78 is 16.8. The second-order valence-corrected chi connectivity index (χ2v) is 5.01. The number of hydrogen-bond acceptors (Lipinski definition) is 4. The second-order valence-electron chi connectivity index (χ2n) is 5.01. The predicted octanol–water partition coefficient (Wildman–Crippen LogP) is 4.36. The first kappa shape index (κ1) is 15.7. The molecule has 0 heterocycles. The number of amides is 1. The van der Waals surface area contributed by atoms with Crippen molar-refractivity contribution in [2.24, 2.45) is 0 Å². The molecule has 0 aliphatic rings. The summed E-state index contributed by atoms with van der Waals surface area (Å²) in [4.78, 5) is 11.8. The number of para-hydroxylation sites is 1. The first-order valence-electron chi connectivity index (χ1n) is 7.45. The van der Waals surface area contributed by atoms with Gasteiger partial charge in [0.25, 0.3) is 0 Å². The number of ether oxygens (including phenoxy) is 3. The van der Waals surface area contributed by atoms with Crippen LogP contribution in [0.15, 0.2) is 60.7 Å². The van der Waals surface area contributed by atoms with Crippen molar-refractivity contribution in [1.82, 2.24) is 5.32 Å². The lowest BCUT2D eigenvalue weighted by molar-refractivity contribution is 0.202. The van der Waals surface area contributed by atoms with Gasteiger partial charge in [0.2, 0.25) is 0 Å². The minimum atomic E-state index is -0.566. The third-order valence-corrected chi connectivity index (χ3v) is 3.51. The van der Waals surface area contributed by atoms with Crippen LogP contribution in [0.3, 0.4) is 0 Å². The van der Waals surface area contributed by atoms with E-state index < -0.39 is 6.09 Å². The lowest BCUT2D eigenvalue weighted by Crippen LogP contribution is -2.22. The van der Waals surface area contributed by atoms with Gasteiger partial charge in [-0.15, -0.1) is 0 Å². The monoisotopic (exact) mass is 323 g/mol. The Bertz CT molecular complexity index is 862. The Morgan fingerprint density at radius 1 is 0.917 bits per heavy atom. The summed E-state index contributed by atoms with van der Waals surface area (Å²) in [6.45, 7) is 0. The Kier molecular flexibility index (Phi) is 4.52. The molecule has 1 amide bonds. The van der Waals surface area contributed by atoms with E-state index in [2.05, 4.69) is 5.32 Å². The fourth-order valence-corrected chi connectivity index (χ4v) is 2.40. The SMILES string of the molecule is CNC(=O)Oc1c(Oc2ccccc2)cc(OC)c2ccccc12. The van der Waals surface area contributed by atoms with Crippen molar-refractivity contribution in [1.29, 1.82) is 0 Å². The molecule has 3 aromatic rings. The number of rotatable bonds is 4. The molecule has 5 nitrogen and oxygen atoms in total. The molecule has 0 spiro atoms. The van der Waals surface area contributed by atoms with E-state index in [9.17, 15) is 4.79 Å². The Balaban J connectivity index is 2.17. The van der Waals surface area contributed by atoms with Crippen LogP contribution in [-0.2, 0) is 0 Å². The van der Waals surface area contributed by atoms with Gasteiger partial charge in [-0.05, 0) is 12.1 Å². The van der Waals surface area contributed by atoms with Gasteiger partial charge in [0.1, 0.15) is 11.5 Å². The number of nitrogens with one attached hydrogen (secondary N) is 1. The van der Waals surface area contributed by atoms with Gasteiger partial charge in [0.05, 0.1) is 7.11 Å². The van der Waals surface area contributed by atoms with Crippen LogP contribution < -0.4 is 19.5 Å². The van der Waals surface area contributed by atoms with Gasteiger partial charge < -0.3 is 19.5 Å². The molecule has 0 aliphatic carbocycles. The number of carbonyl (C=O) groups is 1. The maximum Gasteiger partial charge on any atom is 0.412 e. The van der Waals surface area contributed by atoms with Crippen molar-refractivity contribution in [3.8, 4) is 23.0 Å². The third kappa shape index (κ3) is 3.10. The number of fused-ring (bicyclic) bond motifs is 1. The molecule has 0 saturated heterocycles. The van der Waals surface area contributed by atoms with Gasteiger partial charge in [-0.1, -0.05) is 42.5 Å². The number of methoxy groups -OCH3 is 1. The zero-order valence-electron chi connectivity index (χ0n) is 13.4. The zero-order chi connectivity index (χ0) is 16.9. The Labute approximate surface area is 139 Å². The molecule has 0 fully saturated rings. The minimum Gasteiger partial charge on any atom is -0.496 e. The van der Waals surface area contributed by atoms with E-state index in [1.165, 1.54) is 7.05 Å². The molecule has 122 valence electrons.